The second kappa shape index (κ2) is 4.02. The average Bonchev–Trinajstić information content (AvgIpc) is 2.06. The summed E-state index contributed by atoms with van der Waals surface area (Å²) in [6.07, 6.45) is 0. The fourth-order valence-electron chi connectivity index (χ4n) is 0.751. The Morgan fingerprint density at radius 1 is 0.917 bits per heavy atom. The zero-order valence-corrected chi connectivity index (χ0v) is 6.25. The second-order valence-electron chi connectivity index (χ2n) is 1.95. The maximum absolute atomic E-state index is 4.86. The van der Waals surface area contributed by atoms with Crippen molar-refractivity contribution in [1.82, 2.24) is 0 Å². The third-order valence-corrected chi connectivity index (χ3v) is 1.18. The van der Waals surface area contributed by atoms with Crippen LogP contribution in [0.2, 0.25) is 0 Å². The van der Waals surface area contributed by atoms with Gasteiger partial charge in [-0.1, -0.05) is 16.5 Å². The number of benzene rings is 1. The summed E-state index contributed by atoms with van der Waals surface area (Å²) in [5, 5.41) is 13.5. The highest BCUT2D eigenvalue weighted by atomic mass is 15.3. The number of nitrogens with zero attached hydrogens (tertiary/aromatic N) is 4. The first-order chi connectivity index (χ1) is 5.86. The zero-order chi connectivity index (χ0) is 8.81. The SMILES string of the molecule is NN=Nc1cccc(N=NN)c1. The highest BCUT2D eigenvalue weighted by Gasteiger charge is 1.91. The van der Waals surface area contributed by atoms with Crippen LogP contribution in [0.1, 0.15) is 0 Å². The molecule has 0 aliphatic heterocycles. The molecule has 0 aromatic heterocycles. The standard InChI is InChI=1S/C6H8N6/c7-11-9-5-2-1-3-6(4-5)10-12-8/h1-4H,(H2,7,9)(H2,8,10). The molecular formula is C6H8N6. The van der Waals surface area contributed by atoms with Crippen molar-refractivity contribution in [2.75, 3.05) is 0 Å². The normalized spacial score (nSPS) is 11.3. The highest BCUT2D eigenvalue weighted by molar-refractivity contribution is 5.49. The van der Waals surface area contributed by atoms with E-state index < -0.39 is 0 Å². The summed E-state index contributed by atoms with van der Waals surface area (Å²) >= 11 is 0. The lowest BCUT2D eigenvalue weighted by Crippen LogP contribution is -1.75. The number of rotatable bonds is 2. The molecule has 0 radical (unpaired) electrons. The molecule has 0 aliphatic rings. The molecular weight excluding hydrogens is 156 g/mol. The summed E-state index contributed by atoms with van der Waals surface area (Å²) in [7, 11) is 0. The summed E-state index contributed by atoms with van der Waals surface area (Å²) in [4.78, 5) is 0. The Hall–Kier alpha value is -1.98. The van der Waals surface area contributed by atoms with Gasteiger partial charge in [0, 0.05) is 0 Å². The highest BCUT2D eigenvalue weighted by Crippen LogP contribution is 2.19. The van der Waals surface area contributed by atoms with Gasteiger partial charge in [-0.2, -0.15) is 0 Å². The van der Waals surface area contributed by atoms with Gasteiger partial charge in [-0.15, -0.1) is 10.2 Å². The van der Waals surface area contributed by atoms with E-state index in [1.54, 1.807) is 24.3 Å². The second-order valence-corrected chi connectivity index (χ2v) is 1.95. The zero-order valence-electron chi connectivity index (χ0n) is 6.25. The predicted molar refractivity (Wildman–Crippen MR) is 43.8 cm³/mol. The van der Waals surface area contributed by atoms with Crippen LogP contribution in [-0.2, 0) is 0 Å². The van der Waals surface area contributed by atoms with Crippen molar-refractivity contribution in [3.63, 3.8) is 0 Å². The van der Waals surface area contributed by atoms with Gasteiger partial charge in [0.05, 0.1) is 11.4 Å². The minimum atomic E-state index is 0.613. The Labute approximate surface area is 68.9 Å². The van der Waals surface area contributed by atoms with E-state index in [0.29, 0.717) is 11.4 Å². The summed E-state index contributed by atoms with van der Waals surface area (Å²) in [5.41, 5.74) is 1.23. The van der Waals surface area contributed by atoms with Gasteiger partial charge in [-0.05, 0) is 18.2 Å². The Kier molecular flexibility index (Phi) is 2.72. The van der Waals surface area contributed by atoms with Crippen molar-refractivity contribution >= 4 is 11.4 Å². The first kappa shape index (κ1) is 8.12. The van der Waals surface area contributed by atoms with Gasteiger partial charge in [0.25, 0.3) is 0 Å². The van der Waals surface area contributed by atoms with Crippen molar-refractivity contribution in [2.45, 2.75) is 0 Å². The van der Waals surface area contributed by atoms with Gasteiger partial charge in [-0.3, -0.25) is 0 Å². The molecule has 6 nitrogen and oxygen atoms in total. The monoisotopic (exact) mass is 164 g/mol. The molecule has 0 amide bonds. The lowest BCUT2D eigenvalue weighted by Gasteiger charge is -1.91. The first-order valence-corrected chi connectivity index (χ1v) is 3.18. The number of hydrogen-bond acceptors (Lipinski definition) is 4. The third-order valence-electron chi connectivity index (χ3n) is 1.18. The molecule has 0 saturated heterocycles. The molecule has 6 heteroatoms. The molecule has 0 saturated carbocycles. The molecule has 1 aromatic rings. The number of nitrogens with two attached hydrogens (primary N) is 2. The van der Waals surface area contributed by atoms with Crippen LogP contribution >= 0.6 is 0 Å². The van der Waals surface area contributed by atoms with E-state index in [9.17, 15) is 0 Å². The first-order valence-electron chi connectivity index (χ1n) is 3.18. The van der Waals surface area contributed by atoms with Crippen LogP contribution in [0.5, 0.6) is 0 Å². The van der Waals surface area contributed by atoms with E-state index >= 15 is 0 Å². The van der Waals surface area contributed by atoms with Gasteiger partial charge in [0.15, 0.2) is 0 Å². The number of hydrogen-bond donors (Lipinski definition) is 2. The maximum Gasteiger partial charge on any atom is 0.0896 e. The van der Waals surface area contributed by atoms with Crippen LogP contribution in [0.3, 0.4) is 0 Å². The molecule has 62 valence electrons. The van der Waals surface area contributed by atoms with Crippen LogP contribution in [0, 0.1) is 0 Å². The molecule has 4 N–H and O–H groups in total. The quantitative estimate of drug-likeness (QED) is 0.394. The molecule has 0 heterocycles. The molecule has 0 spiro atoms. The van der Waals surface area contributed by atoms with Gasteiger partial charge in [-0.25, -0.2) is 0 Å². The molecule has 0 aliphatic carbocycles. The Balaban J connectivity index is 2.95. The molecule has 1 rings (SSSR count). The molecule has 0 bridgehead atoms. The Bertz CT molecular complexity index is 277. The topological polar surface area (TPSA) is 101 Å². The average molecular weight is 164 g/mol. The van der Waals surface area contributed by atoms with Gasteiger partial charge >= 0.3 is 0 Å². The third kappa shape index (κ3) is 2.01. The van der Waals surface area contributed by atoms with Crippen LogP contribution in [0.15, 0.2) is 44.9 Å². The minimum Gasteiger partial charge on any atom is -0.305 e. The van der Waals surface area contributed by atoms with Crippen LogP contribution in [-0.4, -0.2) is 0 Å². The van der Waals surface area contributed by atoms with Crippen LogP contribution < -0.4 is 11.7 Å². The van der Waals surface area contributed by atoms with Crippen LogP contribution in [0.4, 0.5) is 11.4 Å². The minimum absolute atomic E-state index is 0.613. The van der Waals surface area contributed by atoms with E-state index in [2.05, 4.69) is 20.7 Å². The van der Waals surface area contributed by atoms with Gasteiger partial charge < -0.3 is 11.7 Å². The van der Waals surface area contributed by atoms with Gasteiger partial charge in [0.1, 0.15) is 0 Å². The smallest absolute Gasteiger partial charge is 0.0896 e. The lowest BCUT2D eigenvalue weighted by molar-refractivity contribution is 1.05. The molecule has 0 unspecified atom stereocenters. The van der Waals surface area contributed by atoms with E-state index in [-0.39, 0.29) is 0 Å². The van der Waals surface area contributed by atoms with Crippen molar-refractivity contribution in [2.24, 2.45) is 32.4 Å². The fraction of sp³-hybridized carbons (Fsp3) is 0. The summed E-state index contributed by atoms with van der Waals surface area (Å²) in [5.74, 6) is 9.73. The summed E-state index contributed by atoms with van der Waals surface area (Å²) in [6, 6.07) is 6.90. The van der Waals surface area contributed by atoms with Crippen molar-refractivity contribution in [1.29, 1.82) is 0 Å². The maximum atomic E-state index is 4.86. The fourth-order valence-corrected chi connectivity index (χ4v) is 0.751. The van der Waals surface area contributed by atoms with Crippen LogP contribution in [0.25, 0.3) is 0 Å². The molecule has 1 aromatic carbocycles. The molecule has 12 heavy (non-hydrogen) atoms. The van der Waals surface area contributed by atoms with Crippen molar-refractivity contribution in [3.05, 3.63) is 24.3 Å². The van der Waals surface area contributed by atoms with E-state index in [1.165, 1.54) is 0 Å². The summed E-state index contributed by atoms with van der Waals surface area (Å²) in [6.45, 7) is 0. The van der Waals surface area contributed by atoms with E-state index in [0.717, 1.165) is 0 Å². The van der Waals surface area contributed by atoms with E-state index in [4.69, 9.17) is 11.7 Å². The predicted octanol–water partition coefficient (Wildman–Crippen LogP) is 1.60. The lowest BCUT2D eigenvalue weighted by atomic mass is 10.3. The van der Waals surface area contributed by atoms with Crippen molar-refractivity contribution in [3.8, 4) is 0 Å². The van der Waals surface area contributed by atoms with Gasteiger partial charge in [0.2, 0.25) is 0 Å². The molecule has 0 fully saturated rings. The van der Waals surface area contributed by atoms with Crippen molar-refractivity contribution < 1.29 is 0 Å². The molecule has 0 atom stereocenters. The Morgan fingerprint density at radius 3 is 1.83 bits per heavy atom. The van der Waals surface area contributed by atoms with E-state index in [1.807, 2.05) is 0 Å². The Morgan fingerprint density at radius 2 is 1.42 bits per heavy atom. The summed E-state index contributed by atoms with van der Waals surface area (Å²) < 4.78 is 0. The largest absolute Gasteiger partial charge is 0.305 e.